The molecule has 1 aliphatic rings. The largest absolute Gasteiger partial charge is 0.453 e. The van der Waals surface area contributed by atoms with Gasteiger partial charge in [0.1, 0.15) is 5.58 Å². The number of piperidine rings is 1. The zero-order chi connectivity index (χ0) is 11.7. The fraction of sp³-hybridized carbons (Fsp3) is 0.357. The van der Waals surface area contributed by atoms with E-state index in [0.29, 0.717) is 5.76 Å². The van der Waals surface area contributed by atoms with Crippen LogP contribution in [0.1, 0.15) is 23.4 Å². The third-order valence-corrected chi connectivity index (χ3v) is 3.34. The molecule has 0 saturated carbocycles. The van der Waals surface area contributed by atoms with Crippen LogP contribution < -0.4 is 5.32 Å². The molecule has 1 aliphatic heterocycles. The Morgan fingerprint density at radius 2 is 2.24 bits per heavy atom. The van der Waals surface area contributed by atoms with Crippen LogP contribution in [-0.4, -0.2) is 18.9 Å². The number of carbonyl (C=O) groups excluding carboxylic acids is 1. The van der Waals surface area contributed by atoms with Crippen LogP contribution in [0.15, 0.2) is 34.7 Å². The normalized spacial score (nSPS) is 20.6. The molecule has 1 N–H and O–H groups in total. The third-order valence-electron chi connectivity index (χ3n) is 3.34. The quantitative estimate of drug-likeness (QED) is 0.805. The van der Waals surface area contributed by atoms with Gasteiger partial charge in [0.15, 0.2) is 5.76 Å². The fourth-order valence-corrected chi connectivity index (χ4v) is 2.38. The summed E-state index contributed by atoms with van der Waals surface area (Å²) in [7, 11) is 0. The van der Waals surface area contributed by atoms with Crippen LogP contribution in [0.3, 0.4) is 0 Å². The van der Waals surface area contributed by atoms with Crippen molar-refractivity contribution in [1.82, 2.24) is 5.32 Å². The molecule has 1 aromatic carbocycles. The van der Waals surface area contributed by atoms with Crippen LogP contribution >= 0.6 is 0 Å². The van der Waals surface area contributed by atoms with Gasteiger partial charge in [0.05, 0.1) is 0 Å². The summed E-state index contributed by atoms with van der Waals surface area (Å²) < 4.78 is 5.61. The molecule has 88 valence electrons. The number of hydrogen-bond donors (Lipinski definition) is 1. The molecule has 1 atom stereocenters. The summed E-state index contributed by atoms with van der Waals surface area (Å²) in [5.41, 5.74) is 0.791. The maximum absolute atomic E-state index is 12.2. The lowest BCUT2D eigenvalue weighted by Gasteiger charge is -2.20. The summed E-state index contributed by atoms with van der Waals surface area (Å²) in [4.78, 5) is 12.2. The van der Waals surface area contributed by atoms with Crippen molar-refractivity contribution in [2.75, 3.05) is 13.1 Å². The molecule has 1 fully saturated rings. The van der Waals surface area contributed by atoms with Gasteiger partial charge in [-0.25, -0.2) is 0 Å². The predicted octanol–water partition coefficient (Wildman–Crippen LogP) is 2.62. The topological polar surface area (TPSA) is 42.2 Å². The molecule has 3 heteroatoms. The molecule has 0 aliphatic carbocycles. The molecule has 2 heterocycles. The van der Waals surface area contributed by atoms with E-state index in [1.54, 1.807) is 0 Å². The van der Waals surface area contributed by atoms with Gasteiger partial charge < -0.3 is 9.73 Å². The van der Waals surface area contributed by atoms with E-state index in [4.69, 9.17) is 4.42 Å². The Morgan fingerprint density at radius 3 is 3.00 bits per heavy atom. The average Bonchev–Trinajstić information content (AvgIpc) is 2.82. The van der Waals surface area contributed by atoms with Gasteiger partial charge in [-0.1, -0.05) is 18.2 Å². The Balaban J connectivity index is 1.89. The summed E-state index contributed by atoms with van der Waals surface area (Å²) >= 11 is 0. The van der Waals surface area contributed by atoms with E-state index in [0.717, 1.165) is 36.9 Å². The number of benzene rings is 1. The first-order valence-electron chi connectivity index (χ1n) is 6.08. The second kappa shape index (κ2) is 4.34. The molecule has 1 unspecified atom stereocenters. The number of fused-ring (bicyclic) bond motifs is 1. The monoisotopic (exact) mass is 229 g/mol. The molecule has 0 radical (unpaired) electrons. The zero-order valence-corrected chi connectivity index (χ0v) is 9.61. The average molecular weight is 229 g/mol. The van der Waals surface area contributed by atoms with Crippen LogP contribution in [0, 0.1) is 5.92 Å². The molecule has 2 aromatic rings. The van der Waals surface area contributed by atoms with Crippen molar-refractivity contribution in [2.24, 2.45) is 5.92 Å². The molecule has 0 spiro atoms. The van der Waals surface area contributed by atoms with E-state index in [1.807, 2.05) is 30.3 Å². The summed E-state index contributed by atoms with van der Waals surface area (Å²) in [6, 6.07) is 9.59. The minimum Gasteiger partial charge on any atom is -0.453 e. The lowest BCUT2D eigenvalue weighted by molar-refractivity contribution is 0.0873. The van der Waals surface area contributed by atoms with Crippen LogP contribution in [0.5, 0.6) is 0 Å². The van der Waals surface area contributed by atoms with Crippen LogP contribution in [-0.2, 0) is 0 Å². The van der Waals surface area contributed by atoms with Gasteiger partial charge in [0.2, 0.25) is 5.78 Å². The molecule has 3 rings (SSSR count). The molecule has 1 saturated heterocycles. The Morgan fingerprint density at radius 1 is 1.35 bits per heavy atom. The maximum atomic E-state index is 12.2. The Hall–Kier alpha value is -1.61. The predicted molar refractivity (Wildman–Crippen MR) is 66.1 cm³/mol. The van der Waals surface area contributed by atoms with Crippen molar-refractivity contribution in [3.63, 3.8) is 0 Å². The lowest BCUT2D eigenvalue weighted by Crippen LogP contribution is -2.34. The van der Waals surface area contributed by atoms with E-state index in [-0.39, 0.29) is 11.7 Å². The number of para-hydroxylation sites is 1. The molecule has 0 amide bonds. The highest BCUT2D eigenvalue weighted by atomic mass is 16.3. The van der Waals surface area contributed by atoms with E-state index in [1.165, 1.54) is 0 Å². The highest BCUT2D eigenvalue weighted by Crippen LogP contribution is 2.23. The first-order chi connectivity index (χ1) is 8.34. The molecule has 17 heavy (non-hydrogen) atoms. The number of nitrogens with one attached hydrogen (secondary N) is 1. The third kappa shape index (κ3) is 1.98. The first kappa shape index (κ1) is 10.5. The Kier molecular flexibility index (Phi) is 2.69. The molecular formula is C14H15NO2. The van der Waals surface area contributed by atoms with Crippen LogP contribution in [0.4, 0.5) is 0 Å². The number of rotatable bonds is 2. The van der Waals surface area contributed by atoms with Crippen molar-refractivity contribution in [1.29, 1.82) is 0 Å². The van der Waals surface area contributed by atoms with Gasteiger partial charge in [-0.2, -0.15) is 0 Å². The van der Waals surface area contributed by atoms with Gasteiger partial charge >= 0.3 is 0 Å². The minimum absolute atomic E-state index is 0.0734. The molecule has 0 bridgehead atoms. The smallest absolute Gasteiger partial charge is 0.202 e. The van der Waals surface area contributed by atoms with E-state index in [9.17, 15) is 4.79 Å². The zero-order valence-electron chi connectivity index (χ0n) is 9.61. The molecule has 1 aromatic heterocycles. The van der Waals surface area contributed by atoms with Crippen molar-refractivity contribution < 1.29 is 9.21 Å². The van der Waals surface area contributed by atoms with Gasteiger partial charge in [0, 0.05) is 17.8 Å². The van der Waals surface area contributed by atoms with Gasteiger partial charge in [-0.15, -0.1) is 0 Å². The summed E-state index contributed by atoms with van der Waals surface area (Å²) in [5, 5.41) is 4.26. The van der Waals surface area contributed by atoms with Crippen molar-refractivity contribution in [2.45, 2.75) is 12.8 Å². The van der Waals surface area contributed by atoms with Gasteiger partial charge in [-0.3, -0.25) is 4.79 Å². The SMILES string of the molecule is O=C(c1cc2ccccc2o1)C1CCCNC1. The standard InChI is InChI=1S/C14H15NO2/c16-14(11-5-3-7-15-9-11)13-8-10-4-1-2-6-12(10)17-13/h1-2,4,6,8,11,15H,3,5,7,9H2. The first-order valence-corrected chi connectivity index (χ1v) is 6.08. The number of furan rings is 1. The van der Waals surface area contributed by atoms with Crippen molar-refractivity contribution in [3.8, 4) is 0 Å². The van der Waals surface area contributed by atoms with Crippen LogP contribution in [0.25, 0.3) is 11.0 Å². The second-order valence-corrected chi connectivity index (χ2v) is 4.56. The lowest BCUT2D eigenvalue weighted by atomic mass is 9.94. The van der Waals surface area contributed by atoms with Gasteiger partial charge in [-0.05, 0) is 31.5 Å². The van der Waals surface area contributed by atoms with Gasteiger partial charge in [0.25, 0.3) is 0 Å². The highest BCUT2D eigenvalue weighted by Gasteiger charge is 2.24. The number of hydrogen-bond acceptors (Lipinski definition) is 3. The number of ketones is 1. The minimum atomic E-state index is 0.0734. The molecule has 3 nitrogen and oxygen atoms in total. The summed E-state index contributed by atoms with van der Waals surface area (Å²) in [5.74, 6) is 0.706. The second-order valence-electron chi connectivity index (χ2n) is 4.56. The van der Waals surface area contributed by atoms with E-state index < -0.39 is 0 Å². The maximum Gasteiger partial charge on any atom is 0.202 e. The van der Waals surface area contributed by atoms with Crippen molar-refractivity contribution >= 4 is 16.8 Å². The Labute approximate surface area is 99.8 Å². The number of Topliss-reactive ketones (excluding diaryl/α,β-unsaturated/α-hetero) is 1. The number of carbonyl (C=O) groups is 1. The molecular weight excluding hydrogens is 214 g/mol. The summed E-state index contributed by atoms with van der Waals surface area (Å²) in [6.45, 7) is 1.79. The Bertz CT molecular complexity index is 505. The fourth-order valence-electron chi connectivity index (χ4n) is 2.38. The van der Waals surface area contributed by atoms with Crippen molar-refractivity contribution in [3.05, 3.63) is 36.1 Å². The van der Waals surface area contributed by atoms with E-state index in [2.05, 4.69) is 5.32 Å². The summed E-state index contributed by atoms with van der Waals surface area (Å²) in [6.07, 6.45) is 2.03. The highest BCUT2D eigenvalue weighted by molar-refractivity contribution is 5.99. The van der Waals surface area contributed by atoms with E-state index >= 15 is 0 Å². The van der Waals surface area contributed by atoms with Crippen LogP contribution in [0.2, 0.25) is 0 Å².